The Balaban J connectivity index is 1.93. The topological polar surface area (TPSA) is 56.1 Å². The van der Waals surface area contributed by atoms with Crippen molar-refractivity contribution in [3.63, 3.8) is 0 Å². The number of nitriles is 1. The number of amides is 1. The number of piperidine rings is 1. The van der Waals surface area contributed by atoms with Gasteiger partial charge >= 0.3 is 0 Å². The predicted octanol–water partition coefficient (Wildman–Crippen LogP) is 2.37. The van der Waals surface area contributed by atoms with E-state index in [9.17, 15) is 4.79 Å². The van der Waals surface area contributed by atoms with Crippen LogP contribution in [0, 0.1) is 11.3 Å². The molecule has 0 aromatic heterocycles. The van der Waals surface area contributed by atoms with Gasteiger partial charge in [0.2, 0.25) is 5.91 Å². The first-order valence-corrected chi connectivity index (χ1v) is 6.76. The highest BCUT2D eigenvalue weighted by Crippen LogP contribution is 2.14. The lowest BCUT2D eigenvalue weighted by molar-refractivity contribution is -0.121. The summed E-state index contributed by atoms with van der Waals surface area (Å²) in [6.07, 6.45) is 3.61. The Morgan fingerprint density at radius 3 is 2.47 bits per heavy atom. The van der Waals surface area contributed by atoms with E-state index in [1.54, 1.807) is 24.3 Å². The van der Waals surface area contributed by atoms with Crippen LogP contribution in [0.3, 0.4) is 0 Å². The van der Waals surface area contributed by atoms with Gasteiger partial charge in [0.05, 0.1) is 17.7 Å². The van der Waals surface area contributed by atoms with Gasteiger partial charge in [0.25, 0.3) is 0 Å². The largest absolute Gasteiger partial charge is 0.325 e. The zero-order valence-electron chi connectivity index (χ0n) is 11.2. The first kappa shape index (κ1) is 13.6. The highest BCUT2D eigenvalue weighted by molar-refractivity contribution is 5.94. The number of likely N-dealkylation sites (tertiary alicyclic amines) is 1. The van der Waals surface area contributed by atoms with Crippen LogP contribution in [0.15, 0.2) is 24.3 Å². The van der Waals surface area contributed by atoms with Crippen LogP contribution in [0.4, 0.5) is 5.69 Å². The molecule has 0 radical (unpaired) electrons. The monoisotopic (exact) mass is 257 g/mol. The van der Waals surface area contributed by atoms with Crippen molar-refractivity contribution >= 4 is 11.6 Å². The Hall–Kier alpha value is -1.86. The van der Waals surface area contributed by atoms with Gasteiger partial charge in [-0.05, 0) is 57.1 Å². The van der Waals surface area contributed by atoms with E-state index in [2.05, 4.69) is 16.3 Å². The molecule has 0 aliphatic carbocycles. The van der Waals surface area contributed by atoms with E-state index in [4.69, 9.17) is 5.26 Å². The molecule has 0 spiro atoms. The fourth-order valence-electron chi connectivity index (χ4n) is 2.35. The normalized spacial score (nSPS) is 17.5. The summed E-state index contributed by atoms with van der Waals surface area (Å²) in [7, 11) is 0. The van der Waals surface area contributed by atoms with Crippen LogP contribution in [-0.2, 0) is 4.79 Å². The van der Waals surface area contributed by atoms with E-state index in [1.807, 2.05) is 6.92 Å². The molecule has 1 aliphatic heterocycles. The third-order valence-corrected chi connectivity index (χ3v) is 3.60. The van der Waals surface area contributed by atoms with Crippen molar-refractivity contribution in [1.29, 1.82) is 5.26 Å². The molecule has 4 heteroatoms. The lowest BCUT2D eigenvalue weighted by Crippen LogP contribution is -2.44. The van der Waals surface area contributed by atoms with E-state index in [-0.39, 0.29) is 11.9 Å². The number of nitrogens with one attached hydrogen (secondary N) is 1. The molecule has 1 aliphatic rings. The van der Waals surface area contributed by atoms with Crippen molar-refractivity contribution in [3.8, 4) is 6.07 Å². The van der Waals surface area contributed by atoms with Crippen LogP contribution in [0.25, 0.3) is 0 Å². The number of anilines is 1. The van der Waals surface area contributed by atoms with Crippen LogP contribution in [0.5, 0.6) is 0 Å². The quantitative estimate of drug-likeness (QED) is 0.904. The molecule has 4 nitrogen and oxygen atoms in total. The fraction of sp³-hybridized carbons (Fsp3) is 0.467. The van der Waals surface area contributed by atoms with Gasteiger partial charge in [-0.2, -0.15) is 5.26 Å². The summed E-state index contributed by atoms with van der Waals surface area (Å²) >= 11 is 0. The molecule has 100 valence electrons. The third kappa shape index (κ3) is 3.55. The second-order valence-electron chi connectivity index (χ2n) is 4.95. The average molecular weight is 257 g/mol. The fourth-order valence-corrected chi connectivity index (χ4v) is 2.35. The number of hydrogen-bond acceptors (Lipinski definition) is 3. The van der Waals surface area contributed by atoms with E-state index < -0.39 is 0 Å². The number of hydrogen-bond donors (Lipinski definition) is 1. The van der Waals surface area contributed by atoms with Crippen LogP contribution < -0.4 is 5.32 Å². The van der Waals surface area contributed by atoms with Gasteiger partial charge in [0.15, 0.2) is 0 Å². The van der Waals surface area contributed by atoms with Gasteiger partial charge in [0, 0.05) is 5.69 Å². The minimum atomic E-state index is -0.101. The first-order valence-electron chi connectivity index (χ1n) is 6.76. The van der Waals surface area contributed by atoms with Gasteiger partial charge < -0.3 is 5.32 Å². The lowest BCUT2D eigenvalue weighted by atomic mass is 10.1. The first-order chi connectivity index (χ1) is 9.20. The zero-order chi connectivity index (χ0) is 13.7. The molecule has 0 saturated carbocycles. The molecule has 2 rings (SSSR count). The summed E-state index contributed by atoms with van der Waals surface area (Å²) in [5.41, 5.74) is 1.34. The maximum absolute atomic E-state index is 12.1. The van der Waals surface area contributed by atoms with Crippen molar-refractivity contribution in [2.45, 2.75) is 32.2 Å². The molecule has 1 heterocycles. The van der Waals surface area contributed by atoms with Crippen LogP contribution >= 0.6 is 0 Å². The van der Waals surface area contributed by atoms with Crippen LogP contribution in [-0.4, -0.2) is 29.9 Å². The summed E-state index contributed by atoms with van der Waals surface area (Å²) in [6, 6.07) is 8.91. The summed E-state index contributed by atoms with van der Waals surface area (Å²) in [5.74, 6) is 0.0200. The summed E-state index contributed by atoms with van der Waals surface area (Å²) in [5, 5.41) is 11.6. The summed E-state index contributed by atoms with van der Waals surface area (Å²) in [4.78, 5) is 14.4. The Bertz CT molecular complexity index is 469. The highest BCUT2D eigenvalue weighted by atomic mass is 16.2. The smallest absolute Gasteiger partial charge is 0.241 e. The van der Waals surface area contributed by atoms with E-state index in [0.717, 1.165) is 18.8 Å². The average Bonchev–Trinajstić information content (AvgIpc) is 2.48. The van der Waals surface area contributed by atoms with E-state index in [0.29, 0.717) is 5.56 Å². The number of carbonyl (C=O) groups is 1. The van der Waals surface area contributed by atoms with Crippen molar-refractivity contribution in [1.82, 2.24) is 4.90 Å². The Morgan fingerprint density at radius 2 is 1.89 bits per heavy atom. The van der Waals surface area contributed by atoms with Gasteiger partial charge in [0.1, 0.15) is 0 Å². The van der Waals surface area contributed by atoms with Crippen molar-refractivity contribution < 1.29 is 4.79 Å². The molecular weight excluding hydrogens is 238 g/mol. The van der Waals surface area contributed by atoms with Crippen molar-refractivity contribution in [2.75, 3.05) is 18.4 Å². The van der Waals surface area contributed by atoms with Gasteiger partial charge in [-0.15, -0.1) is 0 Å². The Kier molecular flexibility index (Phi) is 4.53. The standard InChI is InChI=1S/C15H19N3O/c1-12(18-9-3-2-4-10-18)15(19)17-14-7-5-13(11-16)6-8-14/h5-8,12H,2-4,9-10H2,1H3,(H,17,19)/t12-/m1/s1. The van der Waals surface area contributed by atoms with Gasteiger partial charge in [-0.3, -0.25) is 9.69 Å². The second kappa shape index (κ2) is 6.35. The van der Waals surface area contributed by atoms with Crippen LogP contribution in [0.2, 0.25) is 0 Å². The molecule has 1 saturated heterocycles. The second-order valence-corrected chi connectivity index (χ2v) is 4.95. The maximum atomic E-state index is 12.1. The lowest BCUT2D eigenvalue weighted by Gasteiger charge is -2.31. The van der Waals surface area contributed by atoms with Gasteiger partial charge in [-0.25, -0.2) is 0 Å². The SMILES string of the molecule is C[C@H](C(=O)Nc1ccc(C#N)cc1)N1CCCCC1. The Morgan fingerprint density at radius 1 is 1.26 bits per heavy atom. The molecule has 1 fully saturated rings. The molecule has 0 bridgehead atoms. The highest BCUT2D eigenvalue weighted by Gasteiger charge is 2.22. The number of rotatable bonds is 3. The molecule has 1 atom stereocenters. The molecule has 0 unspecified atom stereocenters. The molecule has 1 N–H and O–H groups in total. The van der Waals surface area contributed by atoms with Crippen molar-refractivity contribution in [3.05, 3.63) is 29.8 Å². The molecule has 1 amide bonds. The predicted molar refractivity (Wildman–Crippen MR) is 74.7 cm³/mol. The maximum Gasteiger partial charge on any atom is 0.241 e. The number of carbonyl (C=O) groups excluding carboxylic acids is 1. The van der Waals surface area contributed by atoms with Crippen molar-refractivity contribution in [2.24, 2.45) is 0 Å². The molecule has 1 aromatic rings. The minimum absolute atomic E-state index is 0.0200. The molecular formula is C15H19N3O. The van der Waals surface area contributed by atoms with E-state index in [1.165, 1.54) is 19.3 Å². The van der Waals surface area contributed by atoms with Gasteiger partial charge in [-0.1, -0.05) is 6.42 Å². The summed E-state index contributed by atoms with van der Waals surface area (Å²) < 4.78 is 0. The minimum Gasteiger partial charge on any atom is -0.325 e. The number of benzene rings is 1. The van der Waals surface area contributed by atoms with E-state index >= 15 is 0 Å². The Labute approximate surface area is 114 Å². The third-order valence-electron chi connectivity index (χ3n) is 3.60. The van der Waals surface area contributed by atoms with Crippen LogP contribution in [0.1, 0.15) is 31.7 Å². The molecule has 19 heavy (non-hydrogen) atoms. The number of nitrogens with zero attached hydrogens (tertiary/aromatic N) is 2. The molecule has 1 aromatic carbocycles. The summed E-state index contributed by atoms with van der Waals surface area (Å²) in [6.45, 7) is 3.95. The zero-order valence-corrected chi connectivity index (χ0v) is 11.2.